The summed E-state index contributed by atoms with van der Waals surface area (Å²) < 4.78 is 20.7. The normalized spacial score (nSPS) is 23.7. The zero-order valence-electron chi connectivity index (χ0n) is 40.7. The fourth-order valence-electron chi connectivity index (χ4n) is 10.8. The van der Waals surface area contributed by atoms with E-state index in [1.54, 1.807) is 9.80 Å². The summed E-state index contributed by atoms with van der Waals surface area (Å²) in [6.07, 6.45) is 24.3. The molecule has 0 unspecified atom stereocenters. The number of amides is 4. The van der Waals surface area contributed by atoms with Crippen LogP contribution in [-0.4, -0.2) is 151 Å². The maximum atomic E-state index is 13.1. The van der Waals surface area contributed by atoms with Crippen molar-refractivity contribution in [1.82, 2.24) is 40.0 Å². The maximum absolute atomic E-state index is 13.1. The fourth-order valence-corrected chi connectivity index (χ4v) is 10.8. The van der Waals surface area contributed by atoms with Crippen molar-refractivity contribution >= 4 is 70.2 Å². The zero-order chi connectivity index (χ0) is 48.2. The van der Waals surface area contributed by atoms with Crippen molar-refractivity contribution in [1.29, 1.82) is 0 Å². The molecule has 22 heteroatoms. The summed E-state index contributed by atoms with van der Waals surface area (Å²) >= 11 is 0. The number of hydrogen-bond donors (Lipinski definition) is 0. The van der Waals surface area contributed by atoms with E-state index in [1.807, 2.05) is 0 Å². The molecule has 9 rings (SSSR count). The second-order valence-corrected chi connectivity index (χ2v) is 18.9. The Hall–Kier alpha value is -4.31. The molecule has 4 saturated heterocycles. The maximum Gasteiger partial charge on any atom is 2.00 e. The van der Waals surface area contributed by atoms with E-state index in [9.17, 15) is 38.4 Å². The van der Waals surface area contributed by atoms with Gasteiger partial charge in [-0.2, -0.15) is 12.8 Å². The Bertz CT molecular complexity index is 1980. The van der Waals surface area contributed by atoms with Crippen LogP contribution in [0.4, 0.5) is 0 Å². The van der Waals surface area contributed by atoms with Crippen molar-refractivity contribution in [2.24, 2.45) is 11.8 Å². The molecule has 0 aromatic carbocycles. The number of ether oxygens (including phenoxy) is 2. The standard InChI is InChI=1S/C26H36N4O5.C16H20N4O7.C6H11.BrH.Mg/c31-21(17-9-3-1-4-10-17)25(33)29-15-7-13-19(29)23-27-28-24(35-23)20-14-8-16-30(20)26(34)22(32)18-11-5-2-6-12-18;1-25-15(23)13(21)19-7-3-5-9(19)11-17-18-12(27-11)10-6-4-8-20(10)14(22)16(24)26-2;1-2-4-6-5-3-1;;/h17-20H,1-16H2;9-10H,3-8H2,1-2H3;1H,2-6H2;1H;/q;;-1;;+2/p-1/t19-,20-;9-,10-;;;/m00.../s1. The number of carbonyl (C=O) groups excluding carboxylic acids is 8. The van der Waals surface area contributed by atoms with Crippen LogP contribution in [0, 0.1) is 18.3 Å². The van der Waals surface area contributed by atoms with E-state index in [2.05, 4.69) is 36.3 Å². The first-order valence-electron chi connectivity index (χ1n) is 25.0. The Balaban J connectivity index is 0.000000232. The summed E-state index contributed by atoms with van der Waals surface area (Å²) in [7, 11) is 2.28. The third-order valence-electron chi connectivity index (χ3n) is 14.5. The monoisotopic (exact) mass is 1050 g/mol. The molecule has 0 spiro atoms. The Morgan fingerprint density at radius 2 is 0.714 bits per heavy atom. The van der Waals surface area contributed by atoms with Gasteiger partial charge in [0.1, 0.15) is 24.2 Å². The molecule has 3 aliphatic carbocycles. The molecule has 0 N–H and O–H groups in total. The van der Waals surface area contributed by atoms with Gasteiger partial charge in [-0.1, -0.05) is 57.8 Å². The van der Waals surface area contributed by atoms with Crippen LogP contribution in [0.15, 0.2) is 8.83 Å². The van der Waals surface area contributed by atoms with Crippen molar-refractivity contribution in [3.8, 4) is 0 Å². The second kappa shape index (κ2) is 27.5. The molecule has 2 aromatic rings. The van der Waals surface area contributed by atoms with Crippen molar-refractivity contribution in [2.75, 3.05) is 40.4 Å². The number of esters is 2. The average molecular weight is 1050 g/mol. The summed E-state index contributed by atoms with van der Waals surface area (Å²) in [6, 6.07) is -1.87. The van der Waals surface area contributed by atoms with Gasteiger partial charge in [0, 0.05) is 38.0 Å². The molecule has 0 radical (unpaired) electrons. The van der Waals surface area contributed by atoms with Crippen LogP contribution in [0.2, 0.25) is 0 Å². The summed E-state index contributed by atoms with van der Waals surface area (Å²) in [5.41, 5.74) is 0. The summed E-state index contributed by atoms with van der Waals surface area (Å²) in [6.45, 7) is 1.77. The van der Waals surface area contributed by atoms with Crippen LogP contribution in [-0.2, 0) is 47.8 Å². The molecule has 4 amide bonds. The summed E-state index contributed by atoms with van der Waals surface area (Å²) in [5.74, 6) is -4.19. The Labute approximate surface area is 435 Å². The first kappa shape index (κ1) is 56.6. The number of nitrogens with zero attached hydrogens (tertiary/aromatic N) is 8. The van der Waals surface area contributed by atoms with E-state index in [1.165, 1.54) is 41.9 Å². The van der Waals surface area contributed by atoms with E-state index in [-0.39, 0.29) is 75.2 Å². The van der Waals surface area contributed by atoms with Crippen LogP contribution in [0.25, 0.3) is 0 Å². The molecule has 4 atom stereocenters. The molecule has 2 aromatic heterocycles. The smallest absolute Gasteiger partial charge is 1.00 e. The van der Waals surface area contributed by atoms with Gasteiger partial charge in [0.2, 0.25) is 35.1 Å². The number of halogens is 1. The van der Waals surface area contributed by atoms with Crippen LogP contribution < -0.4 is 17.0 Å². The number of aromatic nitrogens is 4. The van der Waals surface area contributed by atoms with Gasteiger partial charge in [0.05, 0.1) is 14.2 Å². The number of rotatable bonds is 8. The van der Waals surface area contributed by atoms with E-state index in [0.717, 1.165) is 91.3 Å². The number of hydrogen-bond acceptors (Lipinski definition) is 16. The minimum Gasteiger partial charge on any atom is -1.00 e. The van der Waals surface area contributed by atoms with E-state index in [0.29, 0.717) is 76.5 Å². The number of ketones is 2. The number of likely N-dealkylation sites (tertiary alicyclic amines) is 4. The van der Waals surface area contributed by atoms with Crippen LogP contribution >= 0.6 is 0 Å². The molecule has 3 saturated carbocycles. The van der Waals surface area contributed by atoms with Gasteiger partial charge in [-0.05, 0) is 77.0 Å². The predicted molar refractivity (Wildman–Crippen MR) is 244 cm³/mol. The second-order valence-electron chi connectivity index (χ2n) is 18.9. The Kier molecular flexibility index (Phi) is 22.2. The van der Waals surface area contributed by atoms with Gasteiger partial charge in [0.25, 0.3) is 11.8 Å². The van der Waals surface area contributed by atoms with Crippen molar-refractivity contribution < 1.29 is 73.6 Å². The summed E-state index contributed by atoms with van der Waals surface area (Å²) in [4.78, 5) is 105. The molecule has 20 nitrogen and oxygen atoms in total. The molecule has 70 heavy (non-hydrogen) atoms. The molecular formula is C48H67BrMgN8O12. The van der Waals surface area contributed by atoms with Gasteiger partial charge < -0.3 is 61.3 Å². The van der Waals surface area contributed by atoms with E-state index < -0.39 is 59.7 Å². The quantitative estimate of drug-likeness (QED) is 0.159. The van der Waals surface area contributed by atoms with E-state index >= 15 is 0 Å². The largest absolute Gasteiger partial charge is 2.00 e. The first-order chi connectivity index (χ1) is 33.0. The van der Waals surface area contributed by atoms with Gasteiger partial charge in [-0.15, -0.1) is 20.4 Å². The van der Waals surface area contributed by atoms with E-state index in [4.69, 9.17) is 8.83 Å². The third-order valence-corrected chi connectivity index (χ3v) is 14.5. The average Bonchev–Trinajstić information content (AvgIpc) is 4.25. The molecule has 380 valence electrons. The molecular weight excluding hydrogens is 985 g/mol. The minimum absolute atomic E-state index is 0. The molecule has 4 aliphatic heterocycles. The number of methoxy groups -OCH3 is 2. The summed E-state index contributed by atoms with van der Waals surface area (Å²) in [5, 5.41) is 16.5. The SMILES string of the molecule is COC(=O)C(=O)N1CCC[C@H]1c1nnc([C@@H]2CCCN2C(=O)C(=O)OC)o1.O=C(C(=O)N1CCC[C@H]1c1nnc([C@@H]2CCCN2C(=O)C(=O)C2CCCCC2)o1)C1CCCCC1.[Br-].[CH-]1CCCCC1.[Mg+2]. The van der Waals surface area contributed by atoms with Crippen molar-refractivity contribution in [3.05, 3.63) is 30.0 Å². The minimum atomic E-state index is -0.952. The first-order valence-corrected chi connectivity index (χ1v) is 25.0. The zero-order valence-corrected chi connectivity index (χ0v) is 43.7. The van der Waals surface area contributed by atoms with Crippen LogP contribution in [0.1, 0.15) is 195 Å². The Morgan fingerprint density at radius 3 is 0.971 bits per heavy atom. The molecule has 7 fully saturated rings. The van der Waals surface area contributed by atoms with Crippen molar-refractivity contribution in [3.63, 3.8) is 0 Å². The van der Waals surface area contributed by atoms with Gasteiger partial charge in [0.15, 0.2) is 0 Å². The van der Waals surface area contributed by atoms with Crippen LogP contribution in [0.3, 0.4) is 0 Å². The molecule has 0 bridgehead atoms. The van der Waals surface area contributed by atoms with Crippen LogP contribution in [0.5, 0.6) is 0 Å². The third kappa shape index (κ3) is 13.6. The number of Topliss-reactive ketones (excluding diaryl/α,β-unsaturated/α-hetero) is 2. The Morgan fingerprint density at radius 1 is 0.429 bits per heavy atom. The topological polar surface area (TPSA) is 246 Å². The molecule has 7 aliphatic rings. The van der Waals surface area contributed by atoms with Gasteiger partial charge in [-0.25, -0.2) is 9.59 Å². The number of carbonyl (C=O) groups is 8. The van der Waals surface area contributed by atoms with Crippen molar-refractivity contribution in [2.45, 2.75) is 172 Å². The van der Waals surface area contributed by atoms with Gasteiger partial charge in [-0.3, -0.25) is 28.8 Å². The fraction of sp³-hybridized carbons (Fsp3) is 0.729. The van der Waals surface area contributed by atoms with Gasteiger partial charge >= 0.3 is 46.8 Å². The predicted octanol–water partition coefficient (Wildman–Crippen LogP) is 2.22. The molecule has 6 heterocycles.